The third kappa shape index (κ3) is 8.06. The van der Waals surface area contributed by atoms with Crippen molar-refractivity contribution in [1.29, 1.82) is 0 Å². The van der Waals surface area contributed by atoms with Crippen LogP contribution in [0.25, 0.3) is 0 Å². The minimum atomic E-state index is -1.33. The molecule has 38 heavy (non-hydrogen) atoms. The van der Waals surface area contributed by atoms with Gasteiger partial charge in [-0.05, 0) is 83.7 Å². The van der Waals surface area contributed by atoms with Crippen LogP contribution in [0.15, 0.2) is 42.5 Å². The van der Waals surface area contributed by atoms with Crippen molar-refractivity contribution in [1.82, 2.24) is 10.2 Å². The van der Waals surface area contributed by atoms with Crippen LogP contribution >= 0.6 is 0 Å². The summed E-state index contributed by atoms with van der Waals surface area (Å²) in [5, 5.41) is 5.46. The van der Waals surface area contributed by atoms with E-state index in [9.17, 15) is 19.2 Å². The second-order valence-electron chi connectivity index (χ2n) is 10.7. The Kier molecular flexibility index (Phi) is 10.0. The number of aryl methyl sites for hydroxylation is 3. The van der Waals surface area contributed by atoms with E-state index in [2.05, 4.69) is 10.6 Å². The zero-order chi connectivity index (χ0) is 28.8. The van der Waals surface area contributed by atoms with Gasteiger partial charge < -0.3 is 26.0 Å². The first-order chi connectivity index (χ1) is 17.6. The molecule has 0 radical (unpaired) electrons. The molecule has 0 saturated heterocycles. The number of amides is 4. The summed E-state index contributed by atoms with van der Waals surface area (Å²) in [6.07, 6.45) is -1.33. The monoisotopic (exact) mass is 524 g/mol. The van der Waals surface area contributed by atoms with Crippen LogP contribution in [-0.2, 0) is 19.1 Å². The van der Waals surface area contributed by atoms with Crippen LogP contribution in [0.1, 0.15) is 69.3 Å². The molecule has 9 heteroatoms. The number of para-hydroxylation sites is 1. The van der Waals surface area contributed by atoms with Crippen LogP contribution in [0.2, 0.25) is 0 Å². The molecule has 0 aromatic heterocycles. The van der Waals surface area contributed by atoms with Gasteiger partial charge in [0.2, 0.25) is 11.8 Å². The number of nitrogens with zero attached hydrogens (tertiary/aromatic N) is 1. The van der Waals surface area contributed by atoms with Crippen LogP contribution < -0.4 is 16.4 Å². The maximum atomic E-state index is 14.1. The summed E-state index contributed by atoms with van der Waals surface area (Å²) in [4.78, 5) is 53.9. The normalized spacial score (nSPS) is 12.9. The van der Waals surface area contributed by atoms with Gasteiger partial charge in [-0.2, -0.15) is 0 Å². The molecule has 2 unspecified atom stereocenters. The van der Waals surface area contributed by atoms with Crippen molar-refractivity contribution in [2.75, 3.05) is 5.32 Å². The number of benzene rings is 2. The number of nitrogens with one attached hydrogen (secondary N) is 2. The van der Waals surface area contributed by atoms with Gasteiger partial charge in [0.1, 0.15) is 17.7 Å². The summed E-state index contributed by atoms with van der Waals surface area (Å²) >= 11 is 0. The third-order valence-electron chi connectivity index (χ3n) is 5.95. The number of primary amides is 1. The second kappa shape index (κ2) is 12.6. The number of hydrogen-bond acceptors (Lipinski definition) is 5. The number of nitrogens with two attached hydrogens (primary N) is 1. The Morgan fingerprint density at radius 3 is 1.97 bits per heavy atom. The zero-order valence-electron chi connectivity index (χ0n) is 23.5. The number of alkyl carbamates (subject to hydrolysis) is 1. The lowest BCUT2D eigenvalue weighted by molar-refractivity contribution is -0.144. The fourth-order valence-electron chi connectivity index (χ4n) is 4.28. The Bertz CT molecular complexity index is 1170. The molecule has 0 bridgehead atoms. The van der Waals surface area contributed by atoms with Crippen molar-refractivity contribution < 1.29 is 23.9 Å². The van der Waals surface area contributed by atoms with E-state index < -0.39 is 54.0 Å². The molecule has 2 atom stereocenters. The molecule has 0 aliphatic heterocycles. The molecule has 0 fully saturated rings. The molecule has 2 rings (SSSR count). The van der Waals surface area contributed by atoms with Gasteiger partial charge in [0, 0.05) is 11.7 Å². The molecular formula is C29H40N4O5. The summed E-state index contributed by atoms with van der Waals surface area (Å²) in [6.45, 7) is 14.2. The molecule has 0 heterocycles. The zero-order valence-corrected chi connectivity index (χ0v) is 23.5. The van der Waals surface area contributed by atoms with Gasteiger partial charge >= 0.3 is 6.09 Å². The summed E-state index contributed by atoms with van der Waals surface area (Å²) in [5.41, 5.74) is 8.40. The van der Waals surface area contributed by atoms with E-state index in [1.807, 2.05) is 57.2 Å². The van der Waals surface area contributed by atoms with Crippen molar-refractivity contribution in [2.24, 2.45) is 5.73 Å². The van der Waals surface area contributed by atoms with E-state index in [-0.39, 0.29) is 0 Å². The van der Waals surface area contributed by atoms with E-state index in [0.29, 0.717) is 11.3 Å². The van der Waals surface area contributed by atoms with Gasteiger partial charge in [-0.25, -0.2) is 4.79 Å². The number of carbonyl (C=O) groups is 4. The molecular weight excluding hydrogens is 484 g/mol. The highest BCUT2D eigenvalue weighted by molar-refractivity contribution is 6.00. The minimum Gasteiger partial charge on any atom is -0.444 e. The average Bonchev–Trinajstić information content (AvgIpc) is 2.77. The van der Waals surface area contributed by atoms with E-state index in [1.165, 1.54) is 4.90 Å². The van der Waals surface area contributed by atoms with Crippen molar-refractivity contribution in [3.63, 3.8) is 0 Å². The minimum absolute atomic E-state index is 0.422. The standard InChI is InChI=1S/C29H40N4O5/c1-17(2)33(27(36)22(16-23(30)34)32-28(37)38-29(6,7)8)25(24-19(4)13-11-14-20(24)5)26(35)31-21-15-10-9-12-18(21)3/h9-15,17,22,25H,16H2,1-8H3,(H2,30,34)(H,31,35)(H,32,37). The van der Waals surface area contributed by atoms with E-state index >= 15 is 0 Å². The molecule has 9 nitrogen and oxygen atoms in total. The quantitative estimate of drug-likeness (QED) is 0.450. The van der Waals surface area contributed by atoms with Crippen LogP contribution in [0.5, 0.6) is 0 Å². The summed E-state index contributed by atoms with van der Waals surface area (Å²) < 4.78 is 5.31. The van der Waals surface area contributed by atoms with Gasteiger partial charge in [-0.1, -0.05) is 36.4 Å². The molecule has 0 spiro atoms. The highest BCUT2D eigenvalue weighted by Gasteiger charge is 2.39. The first-order valence-electron chi connectivity index (χ1n) is 12.6. The first-order valence-corrected chi connectivity index (χ1v) is 12.6. The van der Waals surface area contributed by atoms with Gasteiger partial charge in [0.25, 0.3) is 5.91 Å². The molecule has 0 saturated carbocycles. The fraction of sp³-hybridized carbons (Fsp3) is 0.448. The number of rotatable bonds is 9. The van der Waals surface area contributed by atoms with Crippen LogP contribution in [0, 0.1) is 20.8 Å². The summed E-state index contributed by atoms with van der Waals surface area (Å²) in [7, 11) is 0. The maximum Gasteiger partial charge on any atom is 0.408 e. The summed E-state index contributed by atoms with van der Waals surface area (Å²) in [6, 6.07) is 10.1. The molecule has 4 N–H and O–H groups in total. The van der Waals surface area contributed by atoms with Crippen LogP contribution in [0.4, 0.5) is 10.5 Å². The Balaban J connectivity index is 2.61. The lowest BCUT2D eigenvalue weighted by Crippen LogP contribution is -2.55. The number of anilines is 1. The molecule has 0 aliphatic rings. The third-order valence-corrected chi connectivity index (χ3v) is 5.95. The van der Waals surface area contributed by atoms with Crippen LogP contribution in [0.3, 0.4) is 0 Å². The summed E-state index contributed by atoms with van der Waals surface area (Å²) in [5.74, 6) is -1.83. The van der Waals surface area contributed by atoms with Crippen molar-refractivity contribution in [3.8, 4) is 0 Å². The van der Waals surface area contributed by atoms with Crippen LogP contribution in [-0.4, -0.2) is 46.4 Å². The van der Waals surface area contributed by atoms with Crippen molar-refractivity contribution >= 4 is 29.5 Å². The SMILES string of the molecule is Cc1ccccc1NC(=O)C(c1c(C)cccc1C)N(C(=O)C(CC(N)=O)NC(=O)OC(C)(C)C)C(C)C. The lowest BCUT2D eigenvalue weighted by Gasteiger charge is -2.38. The molecule has 2 aromatic rings. The Morgan fingerprint density at radius 2 is 1.47 bits per heavy atom. The number of carbonyl (C=O) groups excluding carboxylic acids is 4. The Labute approximate surface area is 225 Å². The maximum absolute atomic E-state index is 14.1. The predicted octanol–water partition coefficient (Wildman–Crippen LogP) is 4.30. The van der Waals surface area contributed by atoms with Gasteiger partial charge in [0.05, 0.1) is 6.42 Å². The van der Waals surface area contributed by atoms with Crippen molar-refractivity contribution in [2.45, 2.75) is 85.5 Å². The van der Waals surface area contributed by atoms with Gasteiger partial charge in [0.15, 0.2) is 0 Å². The topological polar surface area (TPSA) is 131 Å². The highest BCUT2D eigenvalue weighted by Crippen LogP contribution is 2.31. The largest absolute Gasteiger partial charge is 0.444 e. The molecule has 2 aromatic carbocycles. The van der Waals surface area contributed by atoms with E-state index in [4.69, 9.17) is 10.5 Å². The average molecular weight is 525 g/mol. The van der Waals surface area contributed by atoms with Gasteiger partial charge in [-0.15, -0.1) is 0 Å². The first kappa shape index (κ1) is 30.3. The Morgan fingerprint density at radius 1 is 0.921 bits per heavy atom. The second-order valence-corrected chi connectivity index (χ2v) is 10.7. The predicted molar refractivity (Wildman–Crippen MR) is 147 cm³/mol. The number of ether oxygens (including phenoxy) is 1. The van der Waals surface area contributed by atoms with Gasteiger partial charge in [-0.3, -0.25) is 14.4 Å². The smallest absolute Gasteiger partial charge is 0.408 e. The number of hydrogen-bond donors (Lipinski definition) is 3. The fourth-order valence-corrected chi connectivity index (χ4v) is 4.28. The molecule has 4 amide bonds. The lowest BCUT2D eigenvalue weighted by atomic mass is 9.92. The van der Waals surface area contributed by atoms with Crippen molar-refractivity contribution in [3.05, 3.63) is 64.7 Å². The van der Waals surface area contributed by atoms with E-state index in [1.54, 1.807) is 40.7 Å². The molecule has 0 aliphatic carbocycles. The highest BCUT2D eigenvalue weighted by atomic mass is 16.6. The molecule has 206 valence electrons. The van der Waals surface area contributed by atoms with E-state index in [0.717, 1.165) is 16.7 Å². The Hall–Kier alpha value is -3.88.